The normalized spacial score (nSPS) is 21.6. The smallest absolute Gasteiger partial charge is 0.127 e. The van der Waals surface area contributed by atoms with Crippen LogP contribution in [0.1, 0.15) is 37.8 Å². The Morgan fingerprint density at radius 3 is 3.00 bits per heavy atom. The Morgan fingerprint density at radius 2 is 2.33 bits per heavy atom. The van der Waals surface area contributed by atoms with E-state index >= 15 is 0 Å². The Hall–Kier alpha value is -1.13. The van der Waals surface area contributed by atoms with E-state index in [1.54, 1.807) is 6.07 Å². The molecule has 2 rings (SSSR count). The third kappa shape index (κ3) is 3.43. The number of halogens is 1. The highest BCUT2D eigenvalue weighted by Gasteiger charge is 2.16. The molecule has 2 N–H and O–H groups in total. The van der Waals surface area contributed by atoms with Gasteiger partial charge in [0.2, 0.25) is 0 Å². The molecule has 1 aromatic rings. The van der Waals surface area contributed by atoms with Gasteiger partial charge in [-0.3, -0.25) is 0 Å². The van der Waals surface area contributed by atoms with Crippen molar-refractivity contribution in [3.8, 4) is 5.75 Å². The van der Waals surface area contributed by atoms with Crippen molar-refractivity contribution in [2.75, 3.05) is 13.2 Å². The van der Waals surface area contributed by atoms with Crippen molar-refractivity contribution >= 4 is 0 Å². The SMILES string of the molecule is CC(N)c1ccc(F)cc1OCC1CCCCO1. The summed E-state index contributed by atoms with van der Waals surface area (Å²) in [5.74, 6) is 0.220. The molecule has 2 unspecified atom stereocenters. The Kier molecular flexibility index (Phi) is 4.55. The van der Waals surface area contributed by atoms with Crippen LogP contribution in [0.3, 0.4) is 0 Å². The molecule has 0 saturated carbocycles. The lowest BCUT2D eigenvalue weighted by Gasteiger charge is -2.23. The summed E-state index contributed by atoms with van der Waals surface area (Å²) in [4.78, 5) is 0. The van der Waals surface area contributed by atoms with Gasteiger partial charge >= 0.3 is 0 Å². The Labute approximate surface area is 107 Å². The number of nitrogens with two attached hydrogens (primary N) is 1. The largest absolute Gasteiger partial charge is 0.490 e. The molecule has 100 valence electrons. The van der Waals surface area contributed by atoms with Crippen LogP contribution in [-0.4, -0.2) is 19.3 Å². The highest BCUT2D eigenvalue weighted by Crippen LogP contribution is 2.25. The summed E-state index contributed by atoms with van der Waals surface area (Å²) in [6.45, 7) is 3.11. The van der Waals surface area contributed by atoms with Gasteiger partial charge in [0.15, 0.2) is 0 Å². The number of hydrogen-bond donors (Lipinski definition) is 1. The molecule has 1 aliphatic rings. The summed E-state index contributed by atoms with van der Waals surface area (Å²) in [6.07, 6.45) is 3.39. The fourth-order valence-electron chi connectivity index (χ4n) is 2.13. The first-order valence-electron chi connectivity index (χ1n) is 6.46. The van der Waals surface area contributed by atoms with Gasteiger partial charge < -0.3 is 15.2 Å². The lowest BCUT2D eigenvalue weighted by Crippen LogP contribution is -2.26. The number of ether oxygens (including phenoxy) is 2. The van der Waals surface area contributed by atoms with E-state index in [4.69, 9.17) is 15.2 Å². The molecule has 1 saturated heterocycles. The van der Waals surface area contributed by atoms with E-state index in [9.17, 15) is 4.39 Å². The molecule has 0 spiro atoms. The molecule has 2 atom stereocenters. The lowest BCUT2D eigenvalue weighted by molar-refractivity contribution is -0.0113. The van der Waals surface area contributed by atoms with E-state index in [1.165, 1.54) is 12.1 Å². The number of rotatable bonds is 4. The highest BCUT2D eigenvalue weighted by atomic mass is 19.1. The molecular formula is C14H20FNO2. The van der Waals surface area contributed by atoms with Crippen LogP contribution in [0.2, 0.25) is 0 Å². The van der Waals surface area contributed by atoms with Crippen molar-refractivity contribution in [2.45, 2.75) is 38.3 Å². The second kappa shape index (κ2) is 6.16. The second-order valence-electron chi connectivity index (χ2n) is 4.77. The minimum atomic E-state index is -0.307. The standard InChI is InChI=1S/C14H20FNO2/c1-10(16)13-6-5-11(15)8-14(13)18-9-12-4-2-3-7-17-12/h5-6,8,10,12H,2-4,7,9,16H2,1H3. The van der Waals surface area contributed by atoms with E-state index in [0.29, 0.717) is 12.4 Å². The fraction of sp³-hybridized carbons (Fsp3) is 0.571. The van der Waals surface area contributed by atoms with Gasteiger partial charge in [-0.25, -0.2) is 4.39 Å². The van der Waals surface area contributed by atoms with Gasteiger partial charge in [-0.15, -0.1) is 0 Å². The first kappa shape index (κ1) is 13.3. The quantitative estimate of drug-likeness (QED) is 0.897. The molecule has 1 fully saturated rings. The molecule has 1 aliphatic heterocycles. The topological polar surface area (TPSA) is 44.5 Å². The van der Waals surface area contributed by atoms with Crippen molar-refractivity contribution in [1.82, 2.24) is 0 Å². The maximum Gasteiger partial charge on any atom is 0.127 e. The molecule has 18 heavy (non-hydrogen) atoms. The average molecular weight is 253 g/mol. The summed E-state index contributed by atoms with van der Waals surface area (Å²) < 4.78 is 24.5. The Bertz CT molecular complexity index is 389. The van der Waals surface area contributed by atoms with Crippen LogP contribution >= 0.6 is 0 Å². The summed E-state index contributed by atoms with van der Waals surface area (Å²) in [5.41, 5.74) is 6.67. The minimum Gasteiger partial charge on any atom is -0.490 e. The van der Waals surface area contributed by atoms with Crippen LogP contribution in [0.4, 0.5) is 4.39 Å². The van der Waals surface area contributed by atoms with E-state index in [1.807, 2.05) is 6.92 Å². The molecule has 0 amide bonds. The van der Waals surface area contributed by atoms with Crippen LogP contribution in [-0.2, 0) is 4.74 Å². The second-order valence-corrected chi connectivity index (χ2v) is 4.77. The summed E-state index contributed by atoms with van der Waals surface area (Å²) >= 11 is 0. The number of benzene rings is 1. The van der Waals surface area contributed by atoms with Gasteiger partial charge in [0.05, 0.1) is 6.10 Å². The van der Waals surface area contributed by atoms with Gasteiger partial charge in [0, 0.05) is 24.3 Å². The molecule has 3 nitrogen and oxygen atoms in total. The first-order valence-corrected chi connectivity index (χ1v) is 6.46. The molecular weight excluding hydrogens is 233 g/mol. The Balaban J connectivity index is 2.00. The van der Waals surface area contributed by atoms with Gasteiger partial charge in [-0.1, -0.05) is 6.07 Å². The van der Waals surface area contributed by atoms with Gasteiger partial charge in [0.1, 0.15) is 18.2 Å². The van der Waals surface area contributed by atoms with Crippen LogP contribution in [0, 0.1) is 5.82 Å². The lowest BCUT2D eigenvalue weighted by atomic mass is 10.1. The highest BCUT2D eigenvalue weighted by molar-refractivity contribution is 5.36. The van der Waals surface area contributed by atoms with Gasteiger partial charge in [-0.2, -0.15) is 0 Å². The zero-order chi connectivity index (χ0) is 13.0. The molecule has 0 aromatic heterocycles. The van der Waals surface area contributed by atoms with Crippen LogP contribution in [0.25, 0.3) is 0 Å². The monoisotopic (exact) mass is 253 g/mol. The molecule has 1 heterocycles. The first-order chi connectivity index (χ1) is 8.66. The predicted octanol–water partition coefficient (Wildman–Crippen LogP) is 2.79. The molecule has 4 heteroatoms. The van der Waals surface area contributed by atoms with Crippen molar-refractivity contribution in [3.63, 3.8) is 0 Å². The van der Waals surface area contributed by atoms with E-state index in [0.717, 1.165) is 31.4 Å². The van der Waals surface area contributed by atoms with Crippen molar-refractivity contribution in [1.29, 1.82) is 0 Å². The fourth-order valence-corrected chi connectivity index (χ4v) is 2.13. The van der Waals surface area contributed by atoms with Gasteiger partial charge in [0.25, 0.3) is 0 Å². The zero-order valence-corrected chi connectivity index (χ0v) is 10.7. The maximum absolute atomic E-state index is 13.2. The van der Waals surface area contributed by atoms with E-state index in [-0.39, 0.29) is 18.0 Å². The maximum atomic E-state index is 13.2. The van der Waals surface area contributed by atoms with E-state index < -0.39 is 0 Å². The summed E-state index contributed by atoms with van der Waals surface area (Å²) in [7, 11) is 0. The van der Waals surface area contributed by atoms with Crippen LogP contribution < -0.4 is 10.5 Å². The predicted molar refractivity (Wildman–Crippen MR) is 68.1 cm³/mol. The molecule has 0 bridgehead atoms. The third-order valence-electron chi connectivity index (χ3n) is 3.16. The van der Waals surface area contributed by atoms with Crippen LogP contribution in [0.5, 0.6) is 5.75 Å². The van der Waals surface area contributed by atoms with Gasteiger partial charge in [-0.05, 0) is 32.3 Å². The summed E-state index contributed by atoms with van der Waals surface area (Å²) in [5, 5.41) is 0. The average Bonchev–Trinajstić information content (AvgIpc) is 2.37. The zero-order valence-electron chi connectivity index (χ0n) is 10.7. The Morgan fingerprint density at radius 1 is 1.50 bits per heavy atom. The molecule has 0 aliphatic carbocycles. The molecule has 1 aromatic carbocycles. The van der Waals surface area contributed by atoms with Crippen molar-refractivity contribution in [2.24, 2.45) is 5.73 Å². The molecule has 0 radical (unpaired) electrons. The summed E-state index contributed by atoms with van der Waals surface area (Å²) in [6, 6.07) is 4.30. The van der Waals surface area contributed by atoms with Crippen LogP contribution in [0.15, 0.2) is 18.2 Å². The van der Waals surface area contributed by atoms with Crippen molar-refractivity contribution < 1.29 is 13.9 Å². The number of hydrogen-bond acceptors (Lipinski definition) is 3. The van der Waals surface area contributed by atoms with E-state index in [2.05, 4.69) is 0 Å². The minimum absolute atomic E-state index is 0.114. The third-order valence-corrected chi connectivity index (χ3v) is 3.16. The van der Waals surface area contributed by atoms with Crippen molar-refractivity contribution in [3.05, 3.63) is 29.6 Å².